The summed E-state index contributed by atoms with van der Waals surface area (Å²) in [6.07, 6.45) is 103. The van der Waals surface area contributed by atoms with Crippen molar-refractivity contribution in [1.82, 2.24) is 0 Å². The lowest BCUT2D eigenvalue weighted by molar-refractivity contribution is -0.870. The third-order valence-electron chi connectivity index (χ3n) is 19.9. The Hall–Kier alpha value is -1.77. The molecule has 2 atom stereocenters. The molecule has 574 valence electrons. The van der Waals surface area contributed by atoms with Crippen LogP contribution < -0.4 is 4.89 Å². The molecular formula is C87H168NO8P. The van der Waals surface area contributed by atoms with E-state index in [4.69, 9.17) is 18.5 Å². The summed E-state index contributed by atoms with van der Waals surface area (Å²) in [7, 11) is 1.20. The molecular weight excluding hydrogens is 1220 g/mol. The number of quaternary nitrogens is 1. The Morgan fingerprint density at radius 2 is 0.557 bits per heavy atom. The van der Waals surface area contributed by atoms with Crippen molar-refractivity contribution < 1.29 is 42.1 Å². The van der Waals surface area contributed by atoms with E-state index in [2.05, 4.69) is 50.3 Å². The number of carbonyl (C=O) groups is 2. The van der Waals surface area contributed by atoms with Gasteiger partial charge in [0, 0.05) is 12.8 Å². The Bertz CT molecular complexity index is 1730. The highest BCUT2D eigenvalue weighted by molar-refractivity contribution is 7.45. The van der Waals surface area contributed by atoms with Crippen LogP contribution in [0.15, 0.2) is 36.5 Å². The number of esters is 2. The third kappa shape index (κ3) is 83.1. The average Bonchev–Trinajstić information content (AvgIpc) is 1.69. The Morgan fingerprint density at radius 3 is 0.825 bits per heavy atom. The topological polar surface area (TPSA) is 111 Å². The number of phosphoric ester groups is 1. The minimum Gasteiger partial charge on any atom is -0.756 e. The highest BCUT2D eigenvalue weighted by atomic mass is 31.2. The van der Waals surface area contributed by atoms with Crippen LogP contribution in [0.1, 0.15) is 457 Å². The molecule has 0 aromatic heterocycles. The first-order chi connectivity index (χ1) is 47.5. The first-order valence-corrected chi connectivity index (χ1v) is 44.7. The molecule has 0 saturated heterocycles. The number of unbranched alkanes of at least 4 members (excludes halogenated alkanes) is 62. The van der Waals surface area contributed by atoms with Gasteiger partial charge in [0.15, 0.2) is 6.10 Å². The van der Waals surface area contributed by atoms with Crippen LogP contribution in [-0.4, -0.2) is 70.0 Å². The quantitative estimate of drug-likeness (QED) is 0.0195. The van der Waals surface area contributed by atoms with Gasteiger partial charge in [0.1, 0.15) is 19.8 Å². The van der Waals surface area contributed by atoms with Gasteiger partial charge in [0.2, 0.25) is 0 Å². The minimum absolute atomic E-state index is 0.0264. The van der Waals surface area contributed by atoms with Crippen molar-refractivity contribution in [3.8, 4) is 0 Å². The summed E-state index contributed by atoms with van der Waals surface area (Å²) < 4.78 is 34.5. The maximum absolute atomic E-state index is 12.9. The fourth-order valence-electron chi connectivity index (χ4n) is 13.3. The van der Waals surface area contributed by atoms with E-state index in [9.17, 15) is 19.0 Å². The maximum Gasteiger partial charge on any atom is 0.306 e. The molecule has 0 aliphatic rings. The molecule has 0 N–H and O–H groups in total. The minimum atomic E-state index is -4.64. The molecule has 0 rings (SSSR count). The Labute approximate surface area is 605 Å². The van der Waals surface area contributed by atoms with Gasteiger partial charge in [-0.3, -0.25) is 14.2 Å². The lowest BCUT2D eigenvalue weighted by atomic mass is 10.0. The third-order valence-corrected chi connectivity index (χ3v) is 20.9. The first kappa shape index (κ1) is 95.2. The van der Waals surface area contributed by atoms with Crippen LogP contribution in [0.25, 0.3) is 0 Å². The molecule has 0 aliphatic heterocycles. The molecule has 0 bridgehead atoms. The molecule has 0 spiro atoms. The fraction of sp³-hybridized carbons (Fsp3) is 0.908. The molecule has 0 heterocycles. The number of hydrogen-bond donors (Lipinski definition) is 0. The zero-order chi connectivity index (χ0) is 70.4. The highest BCUT2D eigenvalue weighted by Gasteiger charge is 2.22. The van der Waals surface area contributed by atoms with Gasteiger partial charge in [0.05, 0.1) is 27.7 Å². The molecule has 9 nitrogen and oxygen atoms in total. The van der Waals surface area contributed by atoms with Gasteiger partial charge in [0.25, 0.3) is 7.82 Å². The van der Waals surface area contributed by atoms with E-state index >= 15 is 0 Å². The maximum atomic E-state index is 12.9. The van der Waals surface area contributed by atoms with Gasteiger partial charge < -0.3 is 27.9 Å². The van der Waals surface area contributed by atoms with Crippen molar-refractivity contribution in [3.05, 3.63) is 36.5 Å². The van der Waals surface area contributed by atoms with Gasteiger partial charge in [-0.05, 0) is 51.4 Å². The summed E-state index contributed by atoms with van der Waals surface area (Å²) in [6.45, 7) is 4.32. The number of rotatable bonds is 82. The standard InChI is InChI=1S/C87H168NO8P/c1-6-8-10-12-14-16-18-20-22-24-26-28-30-32-34-36-38-40-41-42-43-44-45-46-47-48-50-52-54-56-58-60-62-64-66-68-70-72-74-76-78-80-87(90)96-85(84-95-97(91,92)94-82-81-88(3,4)5)83-93-86(89)79-77-75-73-71-69-67-65-63-61-59-57-55-53-51-49-39-37-35-33-31-29-27-25-23-21-19-17-15-13-11-9-7-2/h18,20,24,26,30,32,85H,6-17,19,21-23,25,27-29,31,33-84H2,1-5H3/b20-18-,26-24-,32-30-. The van der Waals surface area contributed by atoms with E-state index in [0.717, 1.165) is 44.9 Å². The zero-order valence-corrected chi connectivity index (χ0v) is 66.7. The number of allylic oxidation sites excluding steroid dienone is 6. The second-order valence-corrected chi connectivity index (χ2v) is 32.3. The van der Waals surface area contributed by atoms with Crippen molar-refractivity contribution >= 4 is 19.8 Å². The summed E-state index contributed by atoms with van der Waals surface area (Å²) >= 11 is 0. The van der Waals surface area contributed by atoms with E-state index in [-0.39, 0.29) is 32.0 Å². The number of ether oxygens (including phenoxy) is 2. The number of carbonyl (C=O) groups excluding carboxylic acids is 2. The predicted molar refractivity (Wildman–Crippen MR) is 421 cm³/mol. The Kier molecular flexibility index (Phi) is 76.9. The first-order valence-electron chi connectivity index (χ1n) is 43.2. The van der Waals surface area contributed by atoms with Crippen LogP contribution in [0.5, 0.6) is 0 Å². The van der Waals surface area contributed by atoms with Crippen molar-refractivity contribution in [3.63, 3.8) is 0 Å². The van der Waals surface area contributed by atoms with Crippen LogP contribution in [0.4, 0.5) is 0 Å². The van der Waals surface area contributed by atoms with Gasteiger partial charge in [-0.25, -0.2) is 0 Å². The van der Waals surface area contributed by atoms with E-state index in [1.54, 1.807) is 0 Å². The number of hydrogen-bond acceptors (Lipinski definition) is 8. The second-order valence-electron chi connectivity index (χ2n) is 30.9. The lowest BCUT2D eigenvalue weighted by Crippen LogP contribution is -2.37. The molecule has 10 heteroatoms. The predicted octanol–water partition coefficient (Wildman–Crippen LogP) is 28.3. The van der Waals surface area contributed by atoms with Crippen molar-refractivity contribution in [2.75, 3.05) is 47.5 Å². The van der Waals surface area contributed by atoms with Crippen molar-refractivity contribution in [2.45, 2.75) is 463 Å². The zero-order valence-electron chi connectivity index (χ0n) is 65.8. The molecule has 0 aromatic carbocycles. The monoisotopic (exact) mass is 1390 g/mol. The normalized spacial score (nSPS) is 13.1. The molecule has 97 heavy (non-hydrogen) atoms. The molecule has 0 aliphatic carbocycles. The van der Waals surface area contributed by atoms with Crippen LogP contribution in [0, 0.1) is 0 Å². The van der Waals surface area contributed by atoms with Crippen molar-refractivity contribution in [1.29, 1.82) is 0 Å². The average molecular weight is 1390 g/mol. The van der Waals surface area contributed by atoms with Crippen LogP contribution in [0.2, 0.25) is 0 Å². The van der Waals surface area contributed by atoms with E-state index < -0.39 is 26.5 Å². The molecule has 2 unspecified atom stereocenters. The number of phosphoric acid groups is 1. The fourth-order valence-corrected chi connectivity index (χ4v) is 14.0. The highest BCUT2D eigenvalue weighted by Crippen LogP contribution is 2.38. The molecule has 0 amide bonds. The van der Waals surface area contributed by atoms with Gasteiger partial charge in [-0.2, -0.15) is 0 Å². The Balaban J connectivity index is 3.85. The molecule has 0 fully saturated rings. The molecule has 0 radical (unpaired) electrons. The van der Waals surface area contributed by atoms with Crippen LogP contribution in [-0.2, 0) is 32.7 Å². The summed E-state index contributed by atoms with van der Waals surface area (Å²) in [6, 6.07) is 0. The van der Waals surface area contributed by atoms with Gasteiger partial charge >= 0.3 is 11.9 Å². The smallest absolute Gasteiger partial charge is 0.306 e. The number of nitrogens with zero attached hydrogens (tertiary/aromatic N) is 1. The largest absolute Gasteiger partial charge is 0.756 e. The summed E-state index contributed by atoms with van der Waals surface area (Å²) in [4.78, 5) is 38.2. The van der Waals surface area contributed by atoms with E-state index in [0.29, 0.717) is 17.4 Å². The van der Waals surface area contributed by atoms with E-state index in [1.807, 2.05) is 21.1 Å². The van der Waals surface area contributed by atoms with Gasteiger partial charge in [-0.15, -0.1) is 0 Å². The van der Waals surface area contributed by atoms with Crippen LogP contribution >= 0.6 is 7.82 Å². The summed E-state index contributed by atoms with van der Waals surface area (Å²) in [5, 5.41) is 0. The summed E-state index contributed by atoms with van der Waals surface area (Å²) in [5.41, 5.74) is 0. The molecule has 0 aromatic rings. The van der Waals surface area contributed by atoms with Gasteiger partial charge in [-0.1, -0.05) is 429 Å². The lowest BCUT2D eigenvalue weighted by Gasteiger charge is -2.28. The SMILES string of the molecule is CCCCCCC/C=C\C/C=C\C/C=C\CCCCCCCCCCCCCCCCCCCCCCCCCCCCC(=O)OC(COC(=O)CCCCCCCCCCCCCCCCCCCCCCCCCCCCCCCCCC)COP(=O)([O-])OCC[N+](C)(C)C. The molecule has 0 saturated carbocycles. The number of likely N-dealkylation sites (N-methyl/N-ethyl adjacent to an activating group) is 1. The van der Waals surface area contributed by atoms with E-state index in [1.165, 1.54) is 379 Å². The summed E-state index contributed by atoms with van der Waals surface area (Å²) in [5.74, 6) is -0.803. The second kappa shape index (κ2) is 78.4. The van der Waals surface area contributed by atoms with Crippen molar-refractivity contribution in [2.24, 2.45) is 0 Å². The Morgan fingerprint density at radius 1 is 0.320 bits per heavy atom. The van der Waals surface area contributed by atoms with Crippen LogP contribution in [0.3, 0.4) is 0 Å².